The molecule has 1 fully saturated rings. The van der Waals surface area contributed by atoms with E-state index >= 15 is 0 Å². The first-order valence-electron chi connectivity index (χ1n) is 7.89. The van der Waals surface area contributed by atoms with Crippen LogP contribution >= 0.6 is 0 Å². The maximum atomic E-state index is 12.8. The third-order valence-corrected chi connectivity index (χ3v) is 7.06. The second-order valence-corrected chi connectivity index (χ2v) is 9.87. The fourth-order valence-electron chi connectivity index (χ4n) is 3.15. The molecule has 12 heteroatoms. The van der Waals surface area contributed by atoms with Gasteiger partial charge in [0, 0.05) is 6.54 Å². The Hall–Kier alpha value is -0.370. The Morgan fingerprint density at radius 1 is 1.30 bits per heavy atom. The number of Topliss-reactive ketones (excluding diaryl/α,β-unsaturated/α-hetero) is 1. The van der Waals surface area contributed by atoms with E-state index in [-0.39, 0.29) is 48.9 Å². The number of hydrogen-bond donors (Lipinski definition) is 3. The second kappa shape index (κ2) is 8.97. The zero-order chi connectivity index (χ0) is 19.8. The number of aliphatic hydroxyl groups is 1. The molecule has 3 atom stereocenters. The van der Waals surface area contributed by atoms with Crippen LogP contribution in [0.5, 0.6) is 0 Å². The van der Waals surface area contributed by atoms with Crippen molar-refractivity contribution in [1.29, 1.82) is 0 Å². The van der Waals surface area contributed by atoms with Gasteiger partial charge in [-0.25, -0.2) is 8.42 Å². The molecule has 0 spiro atoms. The molecule has 0 radical (unpaired) electrons. The molecule has 2 unspecified atom stereocenters. The van der Waals surface area contributed by atoms with Crippen LogP contribution in [0.1, 0.15) is 18.4 Å². The van der Waals surface area contributed by atoms with Crippen molar-refractivity contribution >= 4 is 55.5 Å². The molecule has 4 N–H and O–H groups in total. The second-order valence-electron chi connectivity index (χ2n) is 6.36. The molecular weight excluding hydrogens is 407 g/mol. The number of ketones is 1. The summed E-state index contributed by atoms with van der Waals surface area (Å²) in [6.07, 6.45) is 1.02. The zero-order valence-corrected chi connectivity index (χ0v) is 15.8. The summed E-state index contributed by atoms with van der Waals surface area (Å²) >= 11 is 0. The number of nitrogens with zero attached hydrogens (tertiary/aromatic N) is 1. The van der Waals surface area contributed by atoms with E-state index in [9.17, 15) is 31.3 Å². The molecule has 1 saturated heterocycles. The van der Waals surface area contributed by atoms with Crippen molar-refractivity contribution in [1.82, 2.24) is 4.31 Å². The summed E-state index contributed by atoms with van der Waals surface area (Å²) in [6.45, 7) is 0.0186. The summed E-state index contributed by atoms with van der Waals surface area (Å²) in [6, 6.07) is 5.20. The van der Waals surface area contributed by atoms with E-state index < -0.39 is 42.9 Å². The van der Waals surface area contributed by atoms with E-state index in [0.29, 0.717) is 12.0 Å². The minimum absolute atomic E-state index is 0. The van der Waals surface area contributed by atoms with E-state index in [1.807, 2.05) is 0 Å². The number of carbonyl (C=O) groups excluding carboxylic acids is 1. The van der Waals surface area contributed by atoms with E-state index in [1.54, 1.807) is 30.3 Å². The summed E-state index contributed by atoms with van der Waals surface area (Å²) in [4.78, 5) is 9.51. The maximum absolute atomic E-state index is 12.8. The first kappa shape index (κ1) is 24.7. The van der Waals surface area contributed by atoms with Crippen LogP contribution in [0, 0.1) is 0 Å². The van der Waals surface area contributed by atoms with Crippen molar-refractivity contribution in [2.24, 2.45) is 5.73 Å². The van der Waals surface area contributed by atoms with E-state index in [2.05, 4.69) is 0 Å². The Bertz CT molecular complexity index is 877. The van der Waals surface area contributed by atoms with Gasteiger partial charge >= 0.3 is 39.7 Å². The number of rotatable bonds is 7. The molecule has 2 rings (SSSR count). The molecule has 27 heavy (non-hydrogen) atoms. The number of sulfonamides is 1. The summed E-state index contributed by atoms with van der Waals surface area (Å²) in [7, 11) is -9.13. The Morgan fingerprint density at radius 2 is 1.85 bits per heavy atom. The Morgan fingerprint density at radius 3 is 2.33 bits per heavy atom. The van der Waals surface area contributed by atoms with Crippen LogP contribution in [-0.4, -0.2) is 96.0 Å². The third kappa shape index (κ3) is 5.17. The monoisotopic (exact) mass is 430 g/mol. The van der Waals surface area contributed by atoms with E-state index in [1.165, 1.54) is 0 Å². The number of benzene rings is 1. The standard InChI is InChI=1S/C15H22N2O7S2.Na.H/c1-25(20,21)17-9-5-8-12(17)14(18)15(19,26(22,23)24)13(16)10-11-6-3-2-4-7-11;;/h2-4,6-7,12-13,19H,5,8-10,16H2,1H3,(H,22,23,24);;/t12-,13?,15?;;/m0../s1. The van der Waals surface area contributed by atoms with Crippen LogP contribution in [0.3, 0.4) is 0 Å². The predicted octanol–water partition coefficient (Wildman–Crippen LogP) is -1.52. The summed E-state index contributed by atoms with van der Waals surface area (Å²) in [5.41, 5.74) is 6.36. The molecule has 0 saturated carbocycles. The van der Waals surface area contributed by atoms with Gasteiger partial charge in [0.05, 0.1) is 18.3 Å². The van der Waals surface area contributed by atoms with Crippen molar-refractivity contribution in [2.75, 3.05) is 12.8 Å². The molecule has 1 aliphatic rings. The molecule has 1 aromatic rings. The van der Waals surface area contributed by atoms with Gasteiger partial charge < -0.3 is 10.8 Å². The molecule has 148 valence electrons. The van der Waals surface area contributed by atoms with Crippen molar-refractivity contribution in [3.05, 3.63) is 35.9 Å². The first-order chi connectivity index (χ1) is 11.9. The van der Waals surface area contributed by atoms with Gasteiger partial charge in [0.15, 0.2) is 0 Å². The van der Waals surface area contributed by atoms with Gasteiger partial charge in [0.1, 0.15) is 0 Å². The Kier molecular flexibility index (Phi) is 8.20. The van der Waals surface area contributed by atoms with Crippen molar-refractivity contribution < 1.29 is 31.3 Å². The minimum atomic E-state index is -5.33. The summed E-state index contributed by atoms with van der Waals surface area (Å²) in [5, 5.41) is 10.7. The zero-order valence-electron chi connectivity index (χ0n) is 14.1. The normalized spacial score (nSPS) is 21.9. The third-order valence-electron chi connectivity index (χ3n) is 4.48. The SMILES string of the molecule is CS(=O)(=O)N1CCC[C@H]1C(=O)C(O)(C(N)Cc1ccccc1)S(=O)(=O)O.[NaH]. The molecule has 1 aromatic carbocycles. The van der Waals surface area contributed by atoms with Crippen LogP contribution in [0.4, 0.5) is 0 Å². The first-order valence-corrected chi connectivity index (χ1v) is 11.2. The topological polar surface area (TPSA) is 155 Å². The molecule has 1 heterocycles. The Balaban J connectivity index is 0.00000364. The van der Waals surface area contributed by atoms with Crippen LogP contribution in [0.25, 0.3) is 0 Å². The van der Waals surface area contributed by atoms with Gasteiger partial charge in [0.25, 0.3) is 4.93 Å². The fraction of sp³-hybridized carbons (Fsp3) is 0.533. The molecular formula is C15H23N2NaO7S2. The van der Waals surface area contributed by atoms with Gasteiger partial charge in [-0.3, -0.25) is 9.35 Å². The fourth-order valence-corrected chi connectivity index (χ4v) is 5.13. The van der Waals surface area contributed by atoms with E-state index in [4.69, 9.17) is 5.73 Å². The molecule has 0 amide bonds. The summed E-state index contributed by atoms with van der Waals surface area (Å²) < 4.78 is 57.8. The van der Waals surface area contributed by atoms with Crippen LogP contribution < -0.4 is 5.73 Å². The van der Waals surface area contributed by atoms with Gasteiger partial charge in [-0.15, -0.1) is 0 Å². The molecule has 0 aliphatic carbocycles. The molecule has 9 nitrogen and oxygen atoms in total. The predicted molar refractivity (Wildman–Crippen MR) is 101 cm³/mol. The number of carbonyl (C=O) groups is 1. The molecule has 1 aliphatic heterocycles. The van der Waals surface area contributed by atoms with Gasteiger partial charge in [-0.2, -0.15) is 12.7 Å². The van der Waals surface area contributed by atoms with Gasteiger partial charge in [-0.05, 0) is 24.8 Å². The number of hydrogen-bond acceptors (Lipinski definition) is 7. The van der Waals surface area contributed by atoms with Gasteiger partial charge in [-0.1, -0.05) is 30.3 Å². The molecule has 0 aromatic heterocycles. The van der Waals surface area contributed by atoms with Crippen molar-refractivity contribution in [2.45, 2.75) is 36.3 Å². The van der Waals surface area contributed by atoms with E-state index in [0.717, 1.165) is 10.6 Å². The quantitative estimate of drug-likeness (QED) is 0.348. The average Bonchev–Trinajstić information content (AvgIpc) is 3.03. The van der Waals surface area contributed by atoms with Crippen molar-refractivity contribution in [3.63, 3.8) is 0 Å². The average molecular weight is 430 g/mol. The summed E-state index contributed by atoms with van der Waals surface area (Å²) in [5.74, 6) is -1.34. The van der Waals surface area contributed by atoms with Crippen LogP contribution in [0.15, 0.2) is 30.3 Å². The molecule has 0 bridgehead atoms. The van der Waals surface area contributed by atoms with Crippen molar-refractivity contribution in [3.8, 4) is 0 Å². The van der Waals surface area contributed by atoms with Crippen LogP contribution in [-0.2, 0) is 31.4 Å². The Labute approximate surface area is 181 Å². The van der Waals surface area contributed by atoms with Crippen LogP contribution in [0.2, 0.25) is 0 Å². The number of nitrogens with two attached hydrogens (primary N) is 1. The van der Waals surface area contributed by atoms with Gasteiger partial charge in [0.2, 0.25) is 15.8 Å².